The van der Waals surface area contributed by atoms with Crippen LogP contribution in [0.4, 0.5) is 0 Å². The molecule has 2 heteroatoms. The van der Waals surface area contributed by atoms with Gasteiger partial charge >= 0.3 is 0 Å². The number of rotatable bonds is 0. The zero-order valence-corrected chi connectivity index (χ0v) is 2.97. The van der Waals surface area contributed by atoms with Gasteiger partial charge in [0.15, 0.2) is 0 Å². The van der Waals surface area contributed by atoms with Crippen LogP contribution in [0, 0.1) is 11.3 Å². The number of nitriles is 1. The van der Waals surface area contributed by atoms with Gasteiger partial charge in [-0.15, -0.1) is 0 Å². The fraction of sp³-hybridized carbons (Fsp3) is 0.667. The average Bonchev–Trinajstić information content (AvgIpc) is 1.38. The summed E-state index contributed by atoms with van der Waals surface area (Å²) < 4.78 is 0. The molecule has 0 aromatic heterocycles. The van der Waals surface area contributed by atoms with Gasteiger partial charge < -0.3 is 5.11 Å². The van der Waals surface area contributed by atoms with Gasteiger partial charge in [0, 0.05) is 0 Å². The van der Waals surface area contributed by atoms with E-state index in [1.54, 1.807) is 6.07 Å². The Morgan fingerprint density at radius 1 is 2.00 bits per heavy atom. The van der Waals surface area contributed by atoms with Crippen molar-refractivity contribution in [1.29, 1.82) is 5.26 Å². The first-order valence-electron chi connectivity index (χ1n) is 1.35. The number of hydrogen-bond donors (Lipinski definition) is 1. The quantitative estimate of drug-likeness (QED) is 0.405. The SMILES string of the molecule is C[C@H](O)C#N. The molecular weight excluding hydrogens is 66.0 g/mol. The summed E-state index contributed by atoms with van der Waals surface area (Å²) in [7, 11) is 0. The van der Waals surface area contributed by atoms with E-state index in [0.29, 0.717) is 0 Å². The summed E-state index contributed by atoms with van der Waals surface area (Å²) in [4.78, 5) is 0. The van der Waals surface area contributed by atoms with E-state index in [0.717, 1.165) is 0 Å². The first-order valence-corrected chi connectivity index (χ1v) is 1.35. The maximum absolute atomic E-state index is 8.00. The Hall–Kier alpha value is -0.550. The molecule has 0 unspecified atom stereocenters. The molecule has 0 spiro atoms. The molecule has 0 aromatic carbocycles. The molecule has 0 amide bonds. The highest BCUT2D eigenvalue weighted by molar-refractivity contribution is 4.75. The van der Waals surface area contributed by atoms with Gasteiger partial charge in [-0.2, -0.15) is 5.26 Å². The summed E-state index contributed by atoms with van der Waals surface area (Å²) in [5, 5.41) is 15.6. The van der Waals surface area contributed by atoms with Gasteiger partial charge in [-0.05, 0) is 6.92 Å². The van der Waals surface area contributed by atoms with Gasteiger partial charge in [-0.1, -0.05) is 0 Å². The number of hydrogen-bond acceptors (Lipinski definition) is 2. The van der Waals surface area contributed by atoms with Crippen LogP contribution in [0.1, 0.15) is 6.92 Å². The number of aliphatic hydroxyl groups excluding tert-OH is 1. The zero-order chi connectivity index (χ0) is 4.28. The van der Waals surface area contributed by atoms with Crippen LogP contribution in [0.25, 0.3) is 0 Å². The Morgan fingerprint density at radius 2 is 2.20 bits per heavy atom. The lowest BCUT2D eigenvalue weighted by molar-refractivity contribution is 0.251. The third kappa shape index (κ3) is 3.45. The van der Waals surface area contributed by atoms with Crippen LogP contribution in [-0.4, -0.2) is 11.2 Å². The third-order valence-electron chi connectivity index (χ3n) is 0.187. The van der Waals surface area contributed by atoms with Crippen LogP contribution >= 0.6 is 0 Å². The van der Waals surface area contributed by atoms with Crippen molar-refractivity contribution in [3.05, 3.63) is 0 Å². The smallest absolute Gasteiger partial charge is 0.137 e. The first-order chi connectivity index (χ1) is 2.27. The minimum atomic E-state index is -0.810. The monoisotopic (exact) mass is 71.0 g/mol. The summed E-state index contributed by atoms with van der Waals surface area (Å²) >= 11 is 0. The van der Waals surface area contributed by atoms with E-state index in [4.69, 9.17) is 10.4 Å². The molecule has 0 aliphatic carbocycles. The van der Waals surface area contributed by atoms with Gasteiger partial charge in [-0.25, -0.2) is 0 Å². The van der Waals surface area contributed by atoms with Crippen molar-refractivity contribution < 1.29 is 5.11 Å². The molecule has 1 N–H and O–H groups in total. The molecule has 0 fully saturated rings. The number of nitrogens with zero attached hydrogens (tertiary/aromatic N) is 1. The van der Waals surface area contributed by atoms with Crippen molar-refractivity contribution >= 4 is 0 Å². The predicted octanol–water partition coefficient (Wildman–Crippen LogP) is -0.109. The highest BCUT2D eigenvalue weighted by Crippen LogP contribution is 1.66. The summed E-state index contributed by atoms with van der Waals surface area (Å²) in [6, 6.07) is 1.58. The molecule has 0 radical (unpaired) electrons. The van der Waals surface area contributed by atoms with Crippen LogP contribution in [0.3, 0.4) is 0 Å². The summed E-state index contributed by atoms with van der Waals surface area (Å²) in [5.74, 6) is 0. The minimum Gasteiger partial charge on any atom is -0.378 e. The number of aliphatic hydroxyl groups is 1. The highest BCUT2D eigenvalue weighted by atomic mass is 16.3. The molecule has 1 atom stereocenters. The molecule has 0 heterocycles. The molecule has 0 saturated carbocycles. The van der Waals surface area contributed by atoms with Crippen molar-refractivity contribution in [3.8, 4) is 6.07 Å². The van der Waals surface area contributed by atoms with Crippen LogP contribution in [-0.2, 0) is 0 Å². The van der Waals surface area contributed by atoms with Gasteiger partial charge in [-0.3, -0.25) is 0 Å². The molecule has 0 bridgehead atoms. The molecule has 2 nitrogen and oxygen atoms in total. The fourth-order valence-electron chi connectivity index (χ4n) is 0. The average molecular weight is 71.1 g/mol. The van der Waals surface area contributed by atoms with Crippen molar-refractivity contribution in [2.75, 3.05) is 0 Å². The third-order valence-corrected chi connectivity index (χ3v) is 0.187. The standard InChI is InChI=1S/C3H5NO/c1-3(5)2-4/h3,5H,1H3/t3-/m0/s1. The summed E-state index contributed by atoms with van der Waals surface area (Å²) in [6.45, 7) is 1.42. The molecule has 28 valence electrons. The maximum atomic E-state index is 8.00. The topological polar surface area (TPSA) is 44.0 Å². The van der Waals surface area contributed by atoms with E-state index in [-0.39, 0.29) is 0 Å². The van der Waals surface area contributed by atoms with Crippen LogP contribution in [0.15, 0.2) is 0 Å². The predicted molar refractivity (Wildman–Crippen MR) is 17.3 cm³/mol. The van der Waals surface area contributed by atoms with Crippen molar-refractivity contribution in [3.63, 3.8) is 0 Å². The molecule has 0 rings (SSSR count). The van der Waals surface area contributed by atoms with Gasteiger partial charge in [0.1, 0.15) is 6.10 Å². The van der Waals surface area contributed by atoms with Crippen molar-refractivity contribution in [2.24, 2.45) is 0 Å². The Kier molecular flexibility index (Phi) is 1.55. The highest BCUT2D eigenvalue weighted by Gasteiger charge is 1.80. The normalized spacial score (nSPS) is 13.0. The Morgan fingerprint density at radius 3 is 2.20 bits per heavy atom. The zero-order valence-electron chi connectivity index (χ0n) is 2.97. The van der Waals surface area contributed by atoms with E-state index in [2.05, 4.69) is 0 Å². The molecule has 0 aliphatic heterocycles. The minimum absolute atomic E-state index is 0.810. The summed E-state index contributed by atoms with van der Waals surface area (Å²) in [6.07, 6.45) is -0.810. The largest absolute Gasteiger partial charge is 0.378 e. The van der Waals surface area contributed by atoms with E-state index in [1.807, 2.05) is 0 Å². The second-order valence-corrected chi connectivity index (χ2v) is 0.805. The van der Waals surface area contributed by atoms with Gasteiger partial charge in [0.2, 0.25) is 0 Å². The van der Waals surface area contributed by atoms with Gasteiger partial charge in [0.05, 0.1) is 6.07 Å². The second kappa shape index (κ2) is 1.74. The van der Waals surface area contributed by atoms with Crippen molar-refractivity contribution in [1.82, 2.24) is 0 Å². The van der Waals surface area contributed by atoms with E-state index in [9.17, 15) is 0 Å². The lowest BCUT2D eigenvalue weighted by Crippen LogP contribution is -1.90. The second-order valence-electron chi connectivity index (χ2n) is 0.805. The molecule has 5 heavy (non-hydrogen) atoms. The fourth-order valence-corrected chi connectivity index (χ4v) is 0. The first kappa shape index (κ1) is 4.45. The lowest BCUT2D eigenvalue weighted by Gasteiger charge is -1.76. The van der Waals surface area contributed by atoms with E-state index >= 15 is 0 Å². The van der Waals surface area contributed by atoms with Crippen LogP contribution < -0.4 is 0 Å². The Labute approximate surface area is 30.7 Å². The molecule has 0 aliphatic rings. The van der Waals surface area contributed by atoms with Gasteiger partial charge in [0.25, 0.3) is 0 Å². The molecule has 0 saturated heterocycles. The molecular formula is C3H5NO. The maximum Gasteiger partial charge on any atom is 0.137 e. The van der Waals surface area contributed by atoms with Crippen LogP contribution in [0.2, 0.25) is 0 Å². The Balaban J connectivity index is 2.94. The van der Waals surface area contributed by atoms with Crippen LogP contribution in [0.5, 0.6) is 0 Å². The molecule has 0 aromatic rings. The van der Waals surface area contributed by atoms with Crippen molar-refractivity contribution in [2.45, 2.75) is 13.0 Å². The lowest BCUT2D eigenvalue weighted by atomic mass is 10.5. The van der Waals surface area contributed by atoms with E-state index in [1.165, 1.54) is 6.92 Å². The Bertz CT molecular complexity index is 52.4. The van der Waals surface area contributed by atoms with E-state index < -0.39 is 6.10 Å². The summed E-state index contributed by atoms with van der Waals surface area (Å²) in [5.41, 5.74) is 0.